The number of aromatic nitrogens is 2. The summed E-state index contributed by atoms with van der Waals surface area (Å²) in [6.45, 7) is 2.19. The Hall–Kier alpha value is -2.88. The topological polar surface area (TPSA) is 101 Å². The number of sulfonamides is 1. The molecule has 8 nitrogen and oxygen atoms in total. The van der Waals surface area contributed by atoms with Crippen LogP contribution in [-0.4, -0.2) is 37.4 Å². The maximum absolute atomic E-state index is 13.3. The summed E-state index contributed by atoms with van der Waals surface area (Å²) in [5.74, 6) is 0.248. The fraction of sp³-hybridized carbons (Fsp3) is 0.150. The molecule has 3 aromatic rings. The predicted octanol–water partition coefficient (Wildman–Crippen LogP) is 3.93. The van der Waals surface area contributed by atoms with Crippen LogP contribution >= 0.6 is 23.2 Å². The molecule has 0 spiro atoms. The van der Waals surface area contributed by atoms with Gasteiger partial charge < -0.3 is 4.74 Å². The summed E-state index contributed by atoms with van der Waals surface area (Å²) in [7, 11) is -4.03. The van der Waals surface area contributed by atoms with Crippen molar-refractivity contribution in [3.8, 4) is 5.75 Å². The summed E-state index contributed by atoms with van der Waals surface area (Å²) in [5.41, 5.74) is 0.437. The molecule has 11 heteroatoms. The number of nitrogens with one attached hydrogen (secondary N) is 1. The number of amides is 1. The van der Waals surface area contributed by atoms with Gasteiger partial charge in [0.05, 0.1) is 22.2 Å². The van der Waals surface area contributed by atoms with Crippen LogP contribution in [0.15, 0.2) is 53.7 Å². The number of aryl methyl sites for hydroxylation is 1. The Morgan fingerprint density at radius 2 is 2.00 bits per heavy atom. The first-order chi connectivity index (χ1) is 14.8. The van der Waals surface area contributed by atoms with Gasteiger partial charge in [-0.1, -0.05) is 23.2 Å². The first-order valence-corrected chi connectivity index (χ1v) is 11.3. The van der Waals surface area contributed by atoms with Crippen molar-refractivity contribution in [1.82, 2.24) is 9.97 Å². The number of hydrogen-bond acceptors (Lipinski definition) is 6. The van der Waals surface area contributed by atoms with Gasteiger partial charge in [0, 0.05) is 17.4 Å². The van der Waals surface area contributed by atoms with E-state index >= 15 is 0 Å². The predicted molar refractivity (Wildman–Crippen MR) is 118 cm³/mol. The third-order valence-corrected chi connectivity index (χ3v) is 6.56. The largest absolute Gasteiger partial charge is 0.488 e. The van der Waals surface area contributed by atoms with Gasteiger partial charge in [0.15, 0.2) is 17.3 Å². The number of benzene rings is 1. The van der Waals surface area contributed by atoms with Crippen LogP contribution in [0.1, 0.15) is 16.1 Å². The second kappa shape index (κ2) is 8.33. The van der Waals surface area contributed by atoms with Crippen molar-refractivity contribution in [2.75, 3.05) is 22.8 Å². The second-order valence-corrected chi connectivity index (χ2v) is 9.22. The Balaban J connectivity index is 1.72. The van der Waals surface area contributed by atoms with E-state index in [1.807, 2.05) is 0 Å². The number of ether oxygens (including phenoxy) is 1. The minimum atomic E-state index is -4.03. The van der Waals surface area contributed by atoms with Gasteiger partial charge in [0.2, 0.25) is 0 Å². The Morgan fingerprint density at radius 1 is 1.19 bits per heavy atom. The molecule has 1 amide bonds. The first-order valence-electron chi connectivity index (χ1n) is 9.10. The molecular weight excluding hydrogens is 463 g/mol. The third-order valence-electron chi connectivity index (χ3n) is 4.57. The van der Waals surface area contributed by atoms with E-state index in [0.717, 1.165) is 0 Å². The van der Waals surface area contributed by atoms with Gasteiger partial charge >= 0.3 is 0 Å². The summed E-state index contributed by atoms with van der Waals surface area (Å²) in [5, 5.41) is 0.611. The highest BCUT2D eigenvalue weighted by Crippen LogP contribution is 2.31. The molecule has 0 aliphatic carbocycles. The van der Waals surface area contributed by atoms with Crippen LogP contribution in [0, 0.1) is 6.92 Å². The lowest BCUT2D eigenvalue weighted by molar-refractivity contribution is 0.0971. The van der Waals surface area contributed by atoms with Gasteiger partial charge in [0.1, 0.15) is 6.61 Å². The van der Waals surface area contributed by atoms with E-state index in [1.165, 1.54) is 41.6 Å². The van der Waals surface area contributed by atoms with Crippen molar-refractivity contribution in [2.24, 2.45) is 0 Å². The lowest BCUT2D eigenvalue weighted by Gasteiger charge is -2.28. The van der Waals surface area contributed by atoms with Crippen molar-refractivity contribution in [3.63, 3.8) is 0 Å². The summed E-state index contributed by atoms with van der Waals surface area (Å²) in [4.78, 5) is 23.0. The van der Waals surface area contributed by atoms with Crippen LogP contribution in [0.5, 0.6) is 5.75 Å². The zero-order valence-corrected chi connectivity index (χ0v) is 18.5. The first kappa shape index (κ1) is 21.4. The Labute approximate surface area is 188 Å². The molecule has 1 N–H and O–H groups in total. The van der Waals surface area contributed by atoms with E-state index < -0.39 is 15.9 Å². The van der Waals surface area contributed by atoms with E-state index in [-0.39, 0.29) is 34.5 Å². The SMILES string of the molecule is Cc1cc(S(=O)(=O)Nc2cc(Cl)cnc2C(=O)N2CCOc3cccnc32)ccc1Cl. The molecule has 2 aromatic heterocycles. The highest BCUT2D eigenvalue weighted by Gasteiger charge is 2.29. The molecule has 0 atom stereocenters. The quantitative estimate of drug-likeness (QED) is 0.609. The smallest absolute Gasteiger partial charge is 0.280 e. The summed E-state index contributed by atoms with van der Waals surface area (Å²) in [6.07, 6.45) is 2.81. The van der Waals surface area contributed by atoms with E-state index in [9.17, 15) is 13.2 Å². The number of rotatable bonds is 4. The maximum atomic E-state index is 13.3. The van der Waals surface area contributed by atoms with Gasteiger partial charge in [-0.3, -0.25) is 14.4 Å². The number of halogens is 2. The summed E-state index contributed by atoms with van der Waals surface area (Å²) in [6, 6.07) is 9.03. The molecule has 0 bridgehead atoms. The van der Waals surface area contributed by atoms with Crippen LogP contribution in [0.2, 0.25) is 10.0 Å². The number of pyridine rings is 2. The van der Waals surface area contributed by atoms with Gasteiger partial charge in [-0.25, -0.2) is 18.4 Å². The lowest BCUT2D eigenvalue weighted by Crippen LogP contribution is -2.39. The Bertz CT molecular complexity index is 1280. The number of carbonyl (C=O) groups is 1. The van der Waals surface area contributed by atoms with Crippen LogP contribution < -0.4 is 14.4 Å². The van der Waals surface area contributed by atoms with Crippen molar-refractivity contribution in [3.05, 3.63) is 70.1 Å². The number of hydrogen-bond donors (Lipinski definition) is 1. The summed E-state index contributed by atoms with van der Waals surface area (Å²) < 4.78 is 33.8. The van der Waals surface area contributed by atoms with Crippen molar-refractivity contribution in [2.45, 2.75) is 11.8 Å². The highest BCUT2D eigenvalue weighted by atomic mass is 35.5. The molecule has 31 heavy (non-hydrogen) atoms. The number of fused-ring (bicyclic) bond motifs is 1. The van der Waals surface area contributed by atoms with Gasteiger partial charge in [-0.05, 0) is 48.9 Å². The van der Waals surface area contributed by atoms with Crippen LogP contribution in [0.3, 0.4) is 0 Å². The van der Waals surface area contributed by atoms with Crippen LogP contribution in [0.4, 0.5) is 11.5 Å². The average molecular weight is 479 g/mol. The normalized spacial score (nSPS) is 13.3. The molecule has 160 valence electrons. The molecule has 0 unspecified atom stereocenters. The molecule has 4 rings (SSSR count). The minimum Gasteiger partial charge on any atom is -0.488 e. The minimum absolute atomic E-state index is 0.00819. The molecule has 1 aromatic carbocycles. The van der Waals surface area contributed by atoms with Crippen molar-refractivity contribution < 1.29 is 17.9 Å². The highest BCUT2D eigenvalue weighted by molar-refractivity contribution is 7.92. The van der Waals surface area contributed by atoms with Gasteiger partial charge in [-0.2, -0.15) is 0 Å². The Kier molecular flexibility index (Phi) is 5.74. The third kappa shape index (κ3) is 4.30. The zero-order chi connectivity index (χ0) is 22.2. The monoisotopic (exact) mass is 478 g/mol. The molecule has 1 aliphatic heterocycles. The fourth-order valence-corrected chi connectivity index (χ4v) is 4.47. The maximum Gasteiger partial charge on any atom is 0.280 e. The molecule has 0 fully saturated rings. The van der Waals surface area contributed by atoms with Crippen LogP contribution in [-0.2, 0) is 10.0 Å². The van der Waals surface area contributed by atoms with Crippen molar-refractivity contribution >= 4 is 50.6 Å². The zero-order valence-electron chi connectivity index (χ0n) is 16.2. The van der Waals surface area contributed by atoms with Crippen LogP contribution in [0.25, 0.3) is 0 Å². The molecule has 3 heterocycles. The van der Waals surface area contributed by atoms with E-state index in [4.69, 9.17) is 27.9 Å². The lowest BCUT2D eigenvalue weighted by atomic mass is 10.2. The molecule has 0 radical (unpaired) electrons. The second-order valence-electron chi connectivity index (χ2n) is 6.70. The van der Waals surface area contributed by atoms with E-state index in [1.54, 1.807) is 19.1 Å². The van der Waals surface area contributed by atoms with Gasteiger partial charge in [0.25, 0.3) is 15.9 Å². The molecule has 0 saturated carbocycles. The number of carbonyl (C=O) groups excluding carboxylic acids is 1. The fourth-order valence-electron chi connectivity index (χ4n) is 3.05. The van der Waals surface area contributed by atoms with Crippen molar-refractivity contribution in [1.29, 1.82) is 0 Å². The van der Waals surface area contributed by atoms with E-state index in [0.29, 0.717) is 22.2 Å². The number of nitrogens with zero attached hydrogens (tertiary/aromatic N) is 3. The molecule has 1 aliphatic rings. The average Bonchev–Trinajstić information content (AvgIpc) is 2.74. The Morgan fingerprint density at radius 3 is 2.77 bits per heavy atom. The number of anilines is 2. The molecular formula is C20H16Cl2N4O4S. The van der Waals surface area contributed by atoms with Gasteiger partial charge in [-0.15, -0.1) is 0 Å². The standard InChI is InChI=1S/C20H16Cl2N4O4S/c1-12-9-14(4-5-15(12)22)31(28,29)25-16-10-13(21)11-24-18(16)20(27)26-7-8-30-17-3-2-6-23-19(17)26/h2-6,9-11,25H,7-8H2,1H3. The molecule has 0 saturated heterocycles. The van der Waals surface area contributed by atoms with E-state index in [2.05, 4.69) is 14.7 Å². The summed E-state index contributed by atoms with van der Waals surface area (Å²) >= 11 is 12.0.